The van der Waals surface area contributed by atoms with Gasteiger partial charge >= 0.3 is 0 Å². The largest absolute Gasteiger partial charge is 0.491 e. The maximum Gasteiger partial charge on any atom is 0.119 e. The average molecular weight is 310 g/mol. The first-order valence-electron chi connectivity index (χ1n) is 7.46. The molecule has 0 spiro atoms. The van der Waals surface area contributed by atoms with Crippen LogP contribution in [-0.4, -0.2) is 40.1 Å². The van der Waals surface area contributed by atoms with Gasteiger partial charge in [-0.25, -0.2) is 0 Å². The zero-order valence-electron chi connectivity index (χ0n) is 12.3. The topological polar surface area (TPSA) is 55.8 Å². The van der Waals surface area contributed by atoms with E-state index in [4.69, 9.17) is 9.47 Å². The molecule has 116 valence electrons. The SMILES string of the molecule is COCCOc1ccc(C2(O)CC3CCC(C2)S3=O)cc1. The van der Waals surface area contributed by atoms with Crippen molar-refractivity contribution in [3.63, 3.8) is 0 Å². The zero-order chi connectivity index (χ0) is 14.9. The van der Waals surface area contributed by atoms with Crippen LogP contribution in [0.5, 0.6) is 5.75 Å². The fraction of sp³-hybridized carbons (Fsp3) is 0.625. The highest BCUT2D eigenvalue weighted by Crippen LogP contribution is 2.45. The van der Waals surface area contributed by atoms with Crippen molar-refractivity contribution in [3.8, 4) is 5.75 Å². The van der Waals surface area contributed by atoms with Gasteiger partial charge in [0.15, 0.2) is 0 Å². The minimum Gasteiger partial charge on any atom is -0.491 e. The summed E-state index contributed by atoms with van der Waals surface area (Å²) in [6.07, 6.45) is 3.19. The maximum absolute atomic E-state index is 12.1. The van der Waals surface area contributed by atoms with E-state index in [9.17, 15) is 9.32 Å². The Morgan fingerprint density at radius 3 is 2.38 bits per heavy atom. The van der Waals surface area contributed by atoms with Crippen molar-refractivity contribution in [3.05, 3.63) is 29.8 Å². The smallest absolute Gasteiger partial charge is 0.119 e. The normalized spacial score (nSPS) is 34.9. The summed E-state index contributed by atoms with van der Waals surface area (Å²) in [5.41, 5.74) is 0.0836. The van der Waals surface area contributed by atoms with E-state index < -0.39 is 16.4 Å². The first kappa shape index (κ1) is 15.0. The highest BCUT2D eigenvalue weighted by atomic mass is 32.2. The van der Waals surface area contributed by atoms with Gasteiger partial charge < -0.3 is 14.6 Å². The molecule has 2 heterocycles. The van der Waals surface area contributed by atoms with Crippen molar-refractivity contribution in [2.45, 2.75) is 41.8 Å². The monoisotopic (exact) mass is 310 g/mol. The lowest BCUT2D eigenvalue weighted by molar-refractivity contribution is 0.0184. The second-order valence-electron chi connectivity index (χ2n) is 5.96. The number of ether oxygens (including phenoxy) is 2. The molecule has 0 aromatic heterocycles. The summed E-state index contributed by atoms with van der Waals surface area (Å²) in [5, 5.41) is 11.3. The van der Waals surface area contributed by atoms with Gasteiger partial charge in [-0.2, -0.15) is 0 Å². The first-order valence-corrected chi connectivity index (χ1v) is 8.74. The van der Waals surface area contributed by atoms with Gasteiger partial charge in [-0.3, -0.25) is 4.21 Å². The van der Waals surface area contributed by atoms with Gasteiger partial charge in [0.25, 0.3) is 0 Å². The molecule has 3 rings (SSSR count). The molecule has 21 heavy (non-hydrogen) atoms. The van der Waals surface area contributed by atoms with Crippen LogP contribution < -0.4 is 4.74 Å². The minimum atomic E-state index is -0.829. The number of benzene rings is 1. The third-order valence-corrected chi connectivity index (χ3v) is 6.67. The number of hydrogen-bond donors (Lipinski definition) is 1. The summed E-state index contributed by atoms with van der Waals surface area (Å²) < 4.78 is 22.6. The van der Waals surface area contributed by atoms with Crippen LogP contribution in [0.15, 0.2) is 24.3 Å². The summed E-state index contributed by atoms with van der Waals surface area (Å²) in [6, 6.07) is 7.62. The summed E-state index contributed by atoms with van der Waals surface area (Å²) in [7, 11) is 0.895. The molecule has 1 aromatic rings. The van der Waals surface area contributed by atoms with Crippen LogP contribution in [0.2, 0.25) is 0 Å². The Morgan fingerprint density at radius 2 is 1.81 bits per heavy atom. The number of fused-ring (bicyclic) bond motifs is 2. The summed E-state index contributed by atoms with van der Waals surface area (Å²) in [4.78, 5) is 0. The van der Waals surface area contributed by atoms with Crippen molar-refractivity contribution in [1.82, 2.24) is 0 Å². The molecule has 2 atom stereocenters. The van der Waals surface area contributed by atoms with Gasteiger partial charge in [-0.05, 0) is 43.4 Å². The Bertz CT molecular complexity index is 498. The number of aliphatic hydroxyl groups is 1. The molecule has 5 heteroatoms. The molecule has 0 aliphatic carbocycles. The van der Waals surface area contributed by atoms with Crippen LogP contribution in [0, 0.1) is 0 Å². The van der Waals surface area contributed by atoms with Crippen LogP contribution in [0.4, 0.5) is 0 Å². The number of methoxy groups -OCH3 is 1. The lowest BCUT2D eigenvalue weighted by Crippen LogP contribution is -2.40. The first-order chi connectivity index (χ1) is 10.1. The molecule has 1 aromatic carbocycles. The average Bonchev–Trinajstić information content (AvgIpc) is 2.72. The Hall–Kier alpha value is -0.910. The van der Waals surface area contributed by atoms with E-state index >= 15 is 0 Å². The summed E-state index contributed by atoms with van der Waals surface area (Å²) in [5.74, 6) is 0.779. The van der Waals surface area contributed by atoms with Gasteiger partial charge in [-0.1, -0.05) is 12.1 Å². The van der Waals surface area contributed by atoms with E-state index in [1.54, 1.807) is 7.11 Å². The quantitative estimate of drug-likeness (QED) is 0.845. The molecule has 2 unspecified atom stereocenters. The molecular weight excluding hydrogens is 288 g/mol. The van der Waals surface area contributed by atoms with E-state index in [0.717, 1.165) is 24.2 Å². The standard InChI is InChI=1S/C16H22O4S/c1-19-8-9-20-13-4-2-12(3-5-13)16(17)10-14-6-7-15(11-16)21(14)18/h2-5,14-15,17H,6-11H2,1H3. The van der Waals surface area contributed by atoms with Crippen LogP contribution in [0.3, 0.4) is 0 Å². The van der Waals surface area contributed by atoms with Gasteiger partial charge in [0.05, 0.1) is 12.2 Å². The van der Waals surface area contributed by atoms with Gasteiger partial charge in [0.2, 0.25) is 0 Å². The molecule has 4 nitrogen and oxygen atoms in total. The Balaban J connectivity index is 1.70. The highest BCUT2D eigenvalue weighted by molar-refractivity contribution is 7.86. The molecule has 0 amide bonds. The maximum atomic E-state index is 12.1. The van der Waals surface area contributed by atoms with E-state index in [2.05, 4.69) is 0 Å². The highest BCUT2D eigenvalue weighted by Gasteiger charge is 2.48. The van der Waals surface area contributed by atoms with Crippen molar-refractivity contribution in [1.29, 1.82) is 0 Å². The van der Waals surface area contributed by atoms with Crippen LogP contribution >= 0.6 is 0 Å². The molecule has 1 N–H and O–H groups in total. The van der Waals surface area contributed by atoms with Crippen molar-refractivity contribution in [2.24, 2.45) is 0 Å². The lowest BCUT2D eigenvalue weighted by Gasteiger charge is -2.36. The molecule has 2 bridgehead atoms. The molecule has 0 saturated carbocycles. The fourth-order valence-electron chi connectivity index (χ4n) is 3.42. The Labute approximate surface area is 127 Å². The minimum absolute atomic E-state index is 0.159. The van der Waals surface area contributed by atoms with Crippen LogP contribution in [0.25, 0.3) is 0 Å². The number of hydrogen-bond acceptors (Lipinski definition) is 4. The summed E-state index contributed by atoms with van der Waals surface area (Å²) in [6.45, 7) is 1.07. The zero-order valence-corrected chi connectivity index (χ0v) is 13.1. The lowest BCUT2D eigenvalue weighted by atomic mass is 9.86. The predicted octanol–water partition coefficient (Wildman–Crippen LogP) is 1.97. The Morgan fingerprint density at radius 1 is 1.19 bits per heavy atom. The number of rotatable bonds is 5. The van der Waals surface area contributed by atoms with Crippen LogP contribution in [-0.2, 0) is 21.1 Å². The van der Waals surface area contributed by atoms with Gasteiger partial charge in [0, 0.05) is 28.4 Å². The molecule has 2 saturated heterocycles. The molecule has 0 radical (unpaired) electrons. The fourth-order valence-corrected chi connectivity index (χ4v) is 5.58. The summed E-state index contributed by atoms with van der Waals surface area (Å²) >= 11 is 0. The van der Waals surface area contributed by atoms with E-state index in [1.807, 2.05) is 24.3 Å². The van der Waals surface area contributed by atoms with E-state index in [-0.39, 0.29) is 10.5 Å². The molecule has 2 aliphatic rings. The van der Waals surface area contributed by atoms with Gasteiger partial charge in [0.1, 0.15) is 12.4 Å². The van der Waals surface area contributed by atoms with Crippen LogP contribution in [0.1, 0.15) is 31.2 Å². The van der Waals surface area contributed by atoms with Crippen molar-refractivity contribution < 1.29 is 18.8 Å². The third kappa shape index (κ3) is 3.00. The van der Waals surface area contributed by atoms with Gasteiger partial charge in [-0.15, -0.1) is 0 Å². The van der Waals surface area contributed by atoms with Crippen molar-refractivity contribution >= 4 is 10.8 Å². The van der Waals surface area contributed by atoms with Crippen molar-refractivity contribution in [2.75, 3.05) is 20.3 Å². The second kappa shape index (κ2) is 6.07. The van der Waals surface area contributed by atoms with E-state index in [0.29, 0.717) is 26.1 Å². The molecular formula is C16H22O4S. The molecule has 2 fully saturated rings. The Kier molecular flexibility index (Phi) is 4.33. The third-order valence-electron chi connectivity index (χ3n) is 4.55. The second-order valence-corrected chi connectivity index (χ2v) is 7.95. The molecule has 2 aliphatic heterocycles. The van der Waals surface area contributed by atoms with E-state index in [1.165, 1.54) is 0 Å². The predicted molar refractivity (Wildman–Crippen MR) is 81.9 cm³/mol.